The fourth-order valence-electron chi connectivity index (χ4n) is 2.34. The number of nitrogens with zero attached hydrogens (tertiary/aromatic N) is 1. The lowest BCUT2D eigenvalue weighted by molar-refractivity contribution is -0.0439. The maximum absolute atomic E-state index is 12.4. The summed E-state index contributed by atoms with van der Waals surface area (Å²) in [5.74, 6) is 0.506. The van der Waals surface area contributed by atoms with Crippen molar-refractivity contribution < 1.29 is 17.9 Å². The number of anilines is 2. The van der Waals surface area contributed by atoms with E-state index in [4.69, 9.17) is 15.2 Å². The Morgan fingerprint density at radius 1 is 1.33 bits per heavy atom. The summed E-state index contributed by atoms with van der Waals surface area (Å²) in [7, 11) is -2.13. The molecule has 1 saturated heterocycles. The second-order valence-electron chi connectivity index (χ2n) is 5.14. The molecule has 0 aromatic heterocycles. The molecule has 0 bridgehead atoms. The van der Waals surface area contributed by atoms with Gasteiger partial charge in [0, 0.05) is 13.1 Å². The monoisotopic (exact) mass is 315 g/mol. The Hall–Kier alpha value is -1.51. The molecular formula is C13H21N3O4S. The zero-order chi connectivity index (χ0) is 15.6. The van der Waals surface area contributed by atoms with Gasteiger partial charge >= 0.3 is 10.2 Å². The summed E-state index contributed by atoms with van der Waals surface area (Å²) in [4.78, 5) is 0. The van der Waals surface area contributed by atoms with Crippen LogP contribution in [0.5, 0.6) is 5.75 Å². The molecule has 1 aliphatic rings. The van der Waals surface area contributed by atoms with Crippen LogP contribution < -0.4 is 15.2 Å². The molecule has 1 aromatic rings. The van der Waals surface area contributed by atoms with Crippen molar-refractivity contribution in [1.82, 2.24) is 4.31 Å². The topological polar surface area (TPSA) is 93.9 Å². The highest BCUT2D eigenvalue weighted by molar-refractivity contribution is 7.90. The van der Waals surface area contributed by atoms with E-state index < -0.39 is 10.2 Å². The van der Waals surface area contributed by atoms with Gasteiger partial charge in [0.15, 0.2) is 0 Å². The first kappa shape index (κ1) is 15.9. The zero-order valence-corrected chi connectivity index (χ0v) is 13.2. The van der Waals surface area contributed by atoms with E-state index in [-0.39, 0.29) is 12.2 Å². The van der Waals surface area contributed by atoms with Gasteiger partial charge in [-0.15, -0.1) is 0 Å². The molecule has 7 nitrogen and oxygen atoms in total. The second kappa shape index (κ2) is 6.08. The molecule has 0 amide bonds. The van der Waals surface area contributed by atoms with E-state index in [0.29, 0.717) is 30.2 Å². The third-order valence-electron chi connectivity index (χ3n) is 3.20. The molecular weight excluding hydrogens is 294 g/mol. The average Bonchev–Trinajstić information content (AvgIpc) is 2.37. The SMILES string of the molecule is COc1ccc(NS(=O)(=O)N2CC(C)OC(C)C2)cc1N. The van der Waals surface area contributed by atoms with Crippen molar-refractivity contribution in [3.05, 3.63) is 18.2 Å². The second-order valence-corrected chi connectivity index (χ2v) is 6.81. The minimum atomic E-state index is -3.63. The summed E-state index contributed by atoms with van der Waals surface area (Å²) < 4.78 is 39.3. The molecule has 2 unspecified atom stereocenters. The number of hydrogen-bond acceptors (Lipinski definition) is 5. The van der Waals surface area contributed by atoms with Crippen LogP contribution in [0.3, 0.4) is 0 Å². The fourth-order valence-corrected chi connectivity index (χ4v) is 3.70. The van der Waals surface area contributed by atoms with E-state index in [1.807, 2.05) is 13.8 Å². The van der Waals surface area contributed by atoms with Crippen LogP contribution in [0.15, 0.2) is 18.2 Å². The first-order valence-corrected chi connectivity index (χ1v) is 8.12. The number of rotatable bonds is 4. The lowest BCUT2D eigenvalue weighted by Crippen LogP contribution is -2.49. The van der Waals surface area contributed by atoms with Gasteiger partial charge < -0.3 is 15.2 Å². The molecule has 3 N–H and O–H groups in total. The van der Waals surface area contributed by atoms with Gasteiger partial charge in [0.05, 0.1) is 30.7 Å². The standard InChI is InChI=1S/C13H21N3O4S/c1-9-7-16(8-10(2)20-9)21(17,18)15-11-4-5-13(19-3)12(14)6-11/h4-6,9-10,15H,7-8,14H2,1-3H3. The number of nitrogens with one attached hydrogen (secondary N) is 1. The maximum atomic E-state index is 12.4. The predicted molar refractivity (Wildman–Crippen MR) is 81.5 cm³/mol. The lowest BCUT2D eigenvalue weighted by atomic mass is 10.2. The third kappa shape index (κ3) is 3.78. The fraction of sp³-hybridized carbons (Fsp3) is 0.538. The molecule has 1 heterocycles. The predicted octanol–water partition coefficient (Wildman–Crippen LogP) is 1.04. The number of hydrogen-bond donors (Lipinski definition) is 2. The van der Waals surface area contributed by atoms with E-state index in [2.05, 4.69) is 4.72 Å². The summed E-state index contributed by atoms with van der Waals surface area (Å²) in [5, 5.41) is 0. The molecule has 0 saturated carbocycles. The largest absolute Gasteiger partial charge is 0.495 e. The van der Waals surface area contributed by atoms with Crippen LogP contribution in [0.25, 0.3) is 0 Å². The highest BCUT2D eigenvalue weighted by Gasteiger charge is 2.31. The number of ether oxygens (including phenoxy) is 2. The summed E-state index contributed by atoms with van der Waals surface area (Å²) in [6, 6.07) is 4.77. The van der Waals surface area contributed by atoms with Crippen LogP contribution in [-0.2, 0) is 14.9 Å². The van der Waals surface area contributed by atoms with Crippen LogP contribution >= 0.6 is 0 Å². The summed E-state index contributed by atoms with van der Waals surface area (Å²) in [5.41, 5.74) is 6.56. The Morgan fingerprint density at radius 3 is 2.48 bits per heavy atom. The Kier molecular flexibility index (Phi) is 4.60. The Labute approximate surface area is 125 Å². The van der Waals surface area contributed by atoms with Crippen LogP contribution in [0, 0.1) is 0 Å². The van der Waals surface area contributed by atoms with Crippen molar-refractivity contribution in [3.8, 4) is 5.75 Å². The van der Waals surface area contributed by atoms with E-state index in [1.54, 1.807) is 12.1 Å². The number of morpholine rings is 1. The first-order chi connectivity index (χ1) is 9.81. The molecule has 118 valence electrons. The van der Waals surface area contributed by atoms with E-state index in [0.717, 1.165) is 0 Å². The molecule has 21 heavy (non-hydrogen) atoms. The van der Waals surface area contributed by atoms with Crippen molar-refractivity contribution >= 4 is 21.6 Å². The van der Waals surface area contributed by atoms with Crippen molar-refractivity contribution in [2.45, 2.75) is 26.1 Å². The quantitative estimate of drug-likeness (QED) is 0.810. The van der Waals surface area contributed by atoms with Gasteiger partial charge in [-0.2, -0.15) is 12.7 Å². The molecule has 2 atom stereocenters. The summed E-state index contributed by atoms with van der Waals surface area (Å²) >= 11 is 0. The zero-order valence-electron chi connectivity index (χ0n) is 12.4. The summed E-state index contributed by atoms with van der Waals surface area (Å²) in [6.45, 7) is 4.35. The smallest absolute Gasteiger partial charge is 0.301 e. The molecule has 2 rings (SSSR count). The summed E-state index contributed by atoms with van der Waals surface area (Å²) in [6.07, 6.45) is -0.266. The Morgan fingerprint density at radius 2 is 1.95 bits per heavy atom. The molecule has 0 radical (unpaired) electrons. The molecule has 1 fully saturated rings. The van der Waals surface area contributed by atoms with Gasteiger partial charge in [-0.25, -0.2) is 0 Å². The maximum Gasteiger partial charge on any atom is 0.301 e. The molecule has 0 spiro atoms. The van der Waals surface area contributed by atoms with Gasteiger partial charge in [0.2, 0.25) is 0 Å². The van der Waals surface area contributed by atoms with Crippen molar-refractivity contribution in [3.63, 3.8) is 0 Å². The van der Waals surface area contributed by atoms with Gasteiger partial charge in [-0.05, 0) is 32.0 Å². The highest BCUT2D eigenvalue weighted by atomic mass is 32.2. The first-order valence-electron chi connectivity index (χ1n) is 6.68. The van der Waals surface area contributed by atoms with Gasteiger partial charge in [-0.1, -0.05) is 0 Å². The minimum Gasteiger partial charge on any atom is -0.495 e. The van der Waals surface area contributed by atoms with Gasteiger partial charge in [-0.3, -0.25) is 4.72 Å². The number of benzene rings is 1. The molecule has 0 aliphatic carbocycles. The van der Waals surface area contributed by atoms with E-state index >= 15 is 0 Å². The van der Waals surface area contributed by atoms with Crippen molar-refractivity contribution in [2.24, 2.45) is 0 Å². The van der Waals surface area contributed by atoms with Crippen molar-refractivity contribution in [2.75, 3.05) is 30.7 Å². The Balaban J connectivity index is 2.15. The molecule has 1 aromatic carbocycles. The normalized spacial score (nSPS) is 23.8. The van der Waals surface area contributed by atoms with E-state index in [9.17, 15) is 8.42 Å². The van der Waals surface area contributed by atoms with Gasteiger partial charge in [0.1, 0.15) is 5.75 Å². The number of nitrogens with two attached hydrogens (primary N) is 1. The average molecular weight is 315 g/mol. The number of nitrogen functional groups attached to an aromatic ring is 1. The highest BCUT2D eigenvalue weighted by Crippen LogP contribution is 2.26. The molecule has 1 aliphatic heterocycles. The van der Waals surface area contributed by atoms with Crippen LogP contribution in [0.1, 0.15) is 13.8 Å². The van der Waals surface area contributed by atoms with Gasteiger partial charge in [0.25, 0.3) is 0 Å². The minimum absolute atomic E-state index is 0.133. The molecule has 8 heteroatoms. The van der Waals surface area contributed by atoms with Crippen LogP contribution in [0.4, 0.5) is 11.4 Å². The van der Waals surface area contributed by atoms with Crippen LogP contribution in [0.2, 0.25) is 0 Å². The lowest BCUT2D eigenvalue weighted by Gasteiger charge is -2.34. The van der Waals surface area contributed by atoms with Crippen molar-refractivity contribution in [1.29, 1.82) is 0 Å². The Bertz CT molecular complexity index is 595. The van der Waals surface area contributed by atoms with Crippen LogP contribution in [-0.4, -0.2) is 45.1 Å². The van der Waals surface area contributed by atoms with E-state index in [1.165, 1.54) is 17.5 Å². The third-order valence-corrected chi connectivity index (χ3v) is 4.67. The number of methoxy groups -OCH3 is 1.